The predicted octanol–water partition coefficient (Wildman–Crippen LogP) is 3.21. The monoisotopic (exact) mass is 275 g/mol. The van der Waals surface area contributed by atoms with E-state index in [0.717, 1.165) is 15.8 Å². The second kappa shape index (κ2) is 6.08. The van der Waals surface area contributed by atoms with Gasteiger partial charge in [0.2, 0.25) is 0 Å². The lowest BCUT2D eigenvalue weighted by Gasteiger charge is -2.13. The molecular weight excluding hydrogens is 261 g/mol. The third-order valence-corrected chi connectivity index (χ3v) is 2.49. The number of alkyl halides is 1. The molecule has 0 aliphatic carbocycles. The standard InChI is InChI=1S/C11H15BrFNO/c1-8(14)10-7-9(12)3-4-11(10)15-6-2-5-13/h3-4,7-8H,2,5-6,14H2,1H3/t8-/m1/s1. The van der Waals surface area contributed by atoms with Gasteiger partial charge in [-0.15, -0.1) is 0 Å². The van der Waals surface area contributed by atoms with Crippen LogP contribution in [0.3, 0.4) is 0 Å². The zero-order valence-electron chi connectivity index (χ0n) is 8.67. The fourth-order valence-corrected chi connectivity index (χ4v) is 1.62. The molecule has 1 atom stereocenters. The van der Waals surface area contributed by atoms with Gasteiger partial charge in [0.15, 0.2) is 0 Å². The van der Waals surface area contributed by atoms with Crippen LogP contribution in [0.1, 0.15) is 24.9 Å². The fourth-order valence-electron chi connectivity index (χ4n) is 1.24. The van der Waals surface area contributed by atoms with Gasteiger partial charge < -0.3 is 10.5 Å². The highest BCUT2D eigenvalue weighted by Gasteiger charge is 2.08. The van der Waals surface area contributed by atoms with E-state index in [9.17, 15) is 4.39 Å². The number of hydrogen-bond donors (Lipinski definition) is 1. The van der Waals surface area contributed by atoms with Crippen LogP contribution in [0.2, 0.25) is 0 Å². The number of rotatable bonds is 5. The summed E-state index contributed by atoms with van der Waals surface area (Å²) in [7, 11) is 0. The molecule has 0 unspecified atom stereocenters. The number of halogens is 2. The third kappa shape index (κ3) is 3.80. The Labute approximate surface area is 97.7 Å². The van der Waals surface area contributed by atoms with Crippen LogP contribution in [0.5, 0.6) is 5.75 Å². The van der Waals surface area contributed by atoms with Crippen molar-refractivity contribution < 1.29 is 9.13 Å². The van der Waals surface area contributed by atoms with E-state index in [2.05, 4.69) is 15.9 Å². The average Bonchev–Trinajstić information content (AvgIpc) is 2.20. The fraction of sp³-hybridized carbons (Fsp3) is 0.455. The Hall–Kier alpha value is -0.610. The van der Waals surface area contributed by atoms with Gasteiger partial charge in [-0.2, -0.15) is 0 Å². The van der Waals surface area contributed by atoms with Crippen molar-refractivity contribution in [3.63, 3.8) is 0 Å². The zero-order chi connectivity index (χ0) is 11.3. The van der Waals surface area contributed by atoms with Gasteiger partial charge in [-0.05, 0) is 25.1 Å². The molecule has 0 spiro atoms. The summed E-state index contributed by atoms with van der Waals surface area (Å²) >= 11 is 3.38. The van der Waals surface area contributed by atoms with Gasteiger partial charge in [0.25, 0.3) is 0 Å². The molecule has 0 aromatic heterocycles. The van der Waals surface area contributed by atoms with E-state index >= 15 is 0 Å². The maximum Gasteiger partial charge on any atom is 0.124 e. The molecule has 15 heavy (non-hydrogen) atoms. The lowest BCUT2D eigenvalue weighted by Crippen LogP contribution is -2.09. The van der Waals surface area contributed by atoms with Gasteiger partial charge in [0, 0.05) is 22.5 Å². The molecule has 1 aromatic rings. The summed E-state index contributed by atoms with van der Waals surface area (Å²) < 4.78 is 18.3. The van der Waals surface area contributed by atoms with Crippen LogP contribution in [0.25, 0.3) is 0 Å². The Kier molecular flexibility index (Phi) is 5.05. The summed E-state index contributed by atoms with van der Waals surface area (Å²) in [4.78, 5) is 0. The van der Waals surface area contributed by atoms with E-state index < -0.39 is 0 Å². The number of nitrogens with two attached hydrogens (primary N) is 1. The maximum absolute atomic E-state index is 11.9. The second-order valence-corrected chi connectivity index (χ2v) is 4.28. The molecule has 1 aromatic carbocycles. The lowest BCUT2D eigenvalue weighted by molar-refractivity contribution is 0.286. The summed E-state index contributed by atoms with van der Waals surface area (Å²) in [6, 6.07) is 5.57. The first-order valence-corrected chi connectivity index (χ1v) is 5.68. The van der Waals surface area contributed by atoms with Crippen molar-refractivity contribution in [2.24, 2.45) is 5.73 Å². The molecular formula is C11H15BrFNO. The molecule has 0 bridgehead atoms. The Morgan fingerprint density at radius 3 is 2.87 bits per heavy atom. The maximum atomic E-state index is 11.9. The van der Waals surface area contributed by atoms with Crippen LogP contribution >= 0.6 is 15.9 Å². The SMILES string of the molecule is C[C@@H](N)c1cc(Br)ccc1OCCCF. The molecule has 0 saturated heterocycles. The van der Waals surface area contributed by atoms with Crippen molar-refractivity contribution in [1.82, 2.24) is 0 Å². The molecule has 0 fully saturated rings. The van der Waals surface area contributed by atoms with Gasteiger partial charge in [-0.3, -0.25) is 4.39 Å². The Bertz CT molecular complexity index is 317. The van der Waals surface area contributed by atoms with Gasteiger partial charge >= 0.3 is 0 Å². The van der Waals surface area contributed by atoms with Gasteiger partial charge in [-0.1, -0.05) is 15.9 Å². The summed E-state index contributed by atoms with van der Waals surface area (Å²) in [5.74, 6) is 0.738. The van der Waals surface area contributed by atoms with Crippen LogP contribution in [0.15, 0.2) is 22.7 Å². The summed E-state index contributed by atoms with van der Waals surface area (Å²) in [6.07, 6.45) is 0.411. The van der Waals surface area contributed by atoms with Crippen molar-refractivity contribution in [2.75, 3.05) is 13.3 Å². The largest absolute Gasteiger partial charge is 0.493 e. The molecule has 0 amide bonds. The minimum atomic E-state index is -0.357. The Balaban J connectivity index is 2.77. The first kappa shape index (κ1) is 12.5. The highest BCUT2D eigenvalue weighted by Crippen LogP contribution is 2.27. The van der Waals surface area contributed by atoms with Crippen molar-refractivity contribution in [1.29, 1.82) is 0 Å². The van der Waals surface area contributed by atoms with E-state index in [-0.39, 0.29) is 12.7 Å². The summed E-state index contributed by atoms with van der Waals surface area (Å²) in [5, 5.41) is 0. The predicted molar refractivity (Wildman–Crippen MR) is 62.8 cm³/mol. The van der Waals surface area contributed by atoms with Gasteiger partial charge in [0.1, 0.15) is 5.75 Å². The van der Waals surface area contributed by atoms with Gasteiger partial charge in [0.05, 0.1) is 13.3 Å². The van der Waals surface area contributed by atoms with Crippen molar-refractivity contribution in [3.05, 3.63) is 28.2 Å². The highest BCUT2D eigenvalue weighted by atomic mass is 79.9. The molecule has 0 radical (unpaired) electrons. The first-order chi connectivity index (χ1) is 7.15. The van der Waals surface area contributed by atoms with Gasteiger partial charge in [-0.25, -0.2) is 0 Å². The quantitative estimate of drug-likeness (QED) is 0.838. The minimum absolute atomic E-state index is 0.0946. The molecule has 84 valence electrons. The van der Waals surface area contributed by atoms with Crippen molar-refractivity contribution >= 4 is 15.9 Å². The zero-order valence-corrected chi connectivity index (χ0v) is 10.3. The van der Waals surface area contributed by atoms with Crippen LogP contribution in [-0.4, -0.2) is 13.3 Å². The number of benzene rings is 1. The molecule has 2 N–H and O–H groups in total. The molecule has 0 aliphatic rings. The first-order valence-electron chi connectivity index (χ1n) is 4.89. The molecule has 2 nitrogen and oxygen atoms in total. The normalized spacial score (nSPS) is 12.5. The summed E-state index contributed by atoms with van der Waals surface area (Å²) in [6.45, 7) is 1.92. The van der Waals surface area contributed by atoms with Crippen LogP contribution in [-0.2, 0) is 0 Å². The van der Waals surface area contributed by atoms with Crippen molar-refractivity contribution in [2.45, 2.75) is 19.4 Å². The molecule has 4 heteroatoms. The van der Waals surface area contributed by atoms with E-state index in [4.69, 9.17) is 10.5 Å². The van der Waals surface area contributed by atoms with Crippen LogP contribution in [0.4, 0.5) is 4.39 Å². The Morgan fingerprint density at radius 2 is 2.27 bits per heavy atom. The number of ether oxygens (including phenoxy) is 1. The van der Waals surface area contributed by atoms with Crippen molar-refractivity contribution in [3.8, 4) is 5.75 Å². The average molecular weight is 276 g/mol. The van der Waals surface area contributed by atoms with E-state index in [0.29, 0.717) is 13.0 Å². The lowest BCUT2D eigenvalue weighted by atomic mass is 10.1. The van der Waals surface area contributed by atoms with E-state index in [1.165, 1.54) is 0 Å². The highest BCUT2D eigenvalue weighted by molar-refractivity contribution is 9.10. The third-order valence-electron chi connectivity index (χ3n) is 2.00. The molecule has 0 saturated carbocycles. The van der Waals surface area contributed by atoms with Crippen LogP contribution < -0.4 is 10.5 Å². The molecule has 1 rings (SSSR count). The second-order valence-electron chi connectivity index (χ2n) is 3.36. The minimum Gasteiger partial charge on any atom is -0.493 e. The van der Waals surface area contributed by atoms with E-state index in [1.807, 2.05) is 25.1 Å². The van der Waals surface area contributed by atoms with E-state index in [1.54, 1.807) is 0 Å². The topological polar surface area (TPSA) is 35.2 Å². The number of hydrogen-bond acceptors (Lipinski definition) is 2. The Morgan fingerprint density at radius 1 is 1.53 bits per heavy atom. The summed E-state index contributed by atoms with van der Waals surface area (Å²) in [5.41, 5.74) is 6.75. The smallest absolute Gasteiger partial charge is 0.124 e. The van der Waals surface area contributed by atoms with Crippen LogP contribution in [0, 0.1) is 0 Å². The molecule has 0 heterocycles. The molecule has 0 aliphatic heterocycles.